The number of carbonyl (C=O) groups excluding carboxylic acids is 1. The smallest absolute Gasteiger partial charge is 0.224 e. The molecule has 0 spiro atoms. The molecule has 0 saturated carbocycles. The van der Waals surface area contributed by atoms with E-state index < -0.39 is 0 Å². The molecule has 3 rings (SSSR count). The minimum Gasteiger partial charge on any atom is -0.326 e. The van der Waals surface area contributed by atoms with Gasteiger partial charge in [0.05, 0.1) is 0 Å². The zero-order chi connectivity index (χ0) is 16.6. The second kappa shape index (κ2) is 8.80. The predicted molar refractivity (Wildman–Crippen MR) is 96.1 cm³/mol. The summed E-state index contributed by atoms with van der Waals surface area (Å²) in [6.07, 6.45) is 7.37. The van der Waals surface area contributed by atoms with Gasteiger partial charge in [-0.1, -0.05) is 17.8 Å². The van der Waals surface area contributed by atoms with E-state index >= 15 is 0 Å². The van der Waals surface area contributed by atoms with Gasteiger partial charge in [0.15, 0.2) is 0 Å². The Morgan fingerprint density at radius 3 is 2.79 bits per heavy atom. The van der Waals surface area contributed by atoms with Gasteiger partial charge in [-0.2, -0.15) is 0 Å². The molecule has 126 valence electrons. The summed E-state index contributed by atoms with van der Waals surface area (Å²) < 4.78 is 0. The van der Waals surface area contributed by atoms with E-state index in [0.717, 1.165) is 35.2 Å². The van der Waals surface area contributed by atoms with Crippen molar-refractivity contribution in [3.05, 3.63) is 42.7 Å². The van der Waals surface area contributed by atoms with Crippen LogP contribution in [0, 0.1) is 5.92 Å². The maximum absolute atomic E-state index is 12.2. The minimum atomic E-state index is 0.0773. The standard InChI is InChI=1S/C18H22N4OS/c23-16(5-4-14-6-10-19-11-7-14)22-15-8-12-21-18(13-15)24-17-3-1-2-9-20-17/h1-3,8-9,12-14,19H,4-7,10-11H2,(H,21,22,23). The molecule has 1 amide bonds. The van der Waals surface area contributed by atoms with Crippen LogP contribution >= 0.6 is 11.8 Å². The van der Waals surface area contributed by atoms with Crippen LogP contribution in [0.25, 0.3) is 0 Å². The molecule has 0 radical (unpaired) electrons. The quantitative estimate of drug-likeness (QED) is 0.843. The van der Waals surface area contributed by atoms with Gasteiger partial charge in [0, 0.05) is 24.5 Å². The van der Waals surface area contributed by atoms with Crippen molar-refractivity contribution >= 4 is 23.4 Å². The Balaban J connectivity index is 1.51. The van der Waals surface area contributed by atoms with Crippen molar-refractivity contribution in [3.63, 3.8) is 0 Å². The summed E-state index contributed by atoms with van der Waals surface area (Å²) in [5.74, 6) is 0.748. The van der Waals surface area contributed by atoms with Crippen LogP contribution in [0.5, 0.6) is 0 Å². The Bertz CT molecular complexity index is 659. The highest BCUT2D eigenvalue weighted by atomic mass is 32.2. The van der Waals surface area contributed by atoms with Crippen LogP contribution < -0.4 is 10.6 Å². The normalized spacial score (nSPS) is 15.2. The van der Waals surface area contributed by atoms with E-state index in [1.54, 1.807) is 12.4 Å². The van der Waals surface area contributed by atoms with Crippen LogP contribution in [0.3, 0.4) is 0 Å². The van der Waals surface area contributed by atoms with Crippen LogP contribution in [-0.4, -0.2) is 29.0 Å². The molecule has 1 aliphatic rings. The SMILES string of the molecule is O=C(CCC1CCNCC1)Nc1ccnc(Sc2ccccn2)c1. The zero-order valence-corrected chi connectivity index (χ0v) is 14.4. The maximum atomic E-state index is 12.2. The lowest BCUT2D eigenvalue weighted by atomic mass is 9.93. The lowest BCUT2D eigenvalue weighted by Gasteiger charge is -2.22. The molecule has 0 atom stereocenters. The summed E-state index contributed by atoms with van der Waals surface area (Å²) in [5, 5.41) is 8.05. The van der Waals surface area contributed by atoms with Crippen molar-refractivity contribution < 1.29 is 4.79 Å². The number of piperidine rings is 1. The molecule has 24 heavy (non-hydrogen) atoms. The third-order valence-electron chi connectivity index (χ3n) is 4.10. The number of anilines is 1. The molecule has 1 aliphatic heterocycles. The molecular formula is C18H22N4OS. The maximum Gasteiger partial charge on any atom is 0.224 e. The lowest BCUT2D eigenvalue weighted by molar-refractivity contribution is -0.116. The summed E-state index contributed by atoms with van der Waals surface area (Å²) in [5.41, 5.74) is 0.791. The number of aromatic nitrogens is 2. The van der Waals surface area contributed by atoms with Gasteiger partial charge in [-0.15, -0.1) is 0 Å². The lowest BCUT2D eigenvalue weighted by Crippen LogP contribution is -2.28. The first-order valence-electron chi connectivity index (χ1n) is 8.35. The molecule has 5 nitrogen and oxygen atoms in total. The fourth-order valence-corrected chi connectivity index (χ4v) is 3.56. The zero-order valence-electron chi connectivity index (χ0n) is 13.6. The molecular weight excluding hydrogens is 320 g/mol. The van der Waals surface area contributed by atoms with Gasteiger partial charge in [0.1, 0.15) is 10.1 Å². The molecule has 0 bridgehead atoms. The van der Waals surface area contributed by atoms with E-state index in [1.165, 1.54) is 24.6 Å². The molecule has 0 aliphatic carbocycles. The van der Waals surface area contributed by atoms with Gasteiger partial charge in [0.25, 0.3) is 0 Å². The van der Waals surface area contributed by atoms with Crippen molar-refractivity contribution in [1.82, 2.24) is 15.3 Å². The van der Waals surface area contributed by atoms with Crippen molar-refractivity contribution in [2.75, 3.05) is 18.4 Å². The number of rotatable bonds is 6. The molecule has 1 fully saturated rings. The second-order valence-electron chi connectivity index (χ2n) is 5.93. The fraction of sp³-hybridized carbons (Fsp3) is 0.389. The van der Waals surface area contributed by atoms with Gasteiger partial charge in [-0.3, -0.25) is 4.79 Å². The third-order valence-corrected chi connectivity index (χ3v) is 4.99. The highest BCUT2D eigenvalue weighted by Gasteiger charge is 2.14. The van der Waals surface area contributed by atoms with Gasteiger partial charge in [-0.05, 0) is 62.5 Å². The molecule has 0 aromatic carbocycles. The number of amides is 1. The van der Waals surface area contributed by atoms with E-state index in [0.29, 0.717) is 12.3 Å². The molecule has 0 unspecified atom stereocenters. The highest BCUT2D eigenvalue weighted by molar-refractivity contribution is 7.99. The van der Waals surface area contributed by atoms with Crippen molar-refractivity contribution in [3.8, 4) is 0 Å². The Hall–Kier alpha value is -1.92. The number of hydrogen-bond acceptors (Lipinski definition) is 5. The van der Waals surface area contributed by atoms with Gasteiger partial charge in [-0.25, -0.2) is 9.97 Å². The minimum absolute atomic E-state index is 0.0773. The first kappa shape index (κ1) is 16.9. The van der Waals surface area contributed by atoms with Crippen molar-refractivity contribution in [2.24, 2.45) is 5.92 Å². The van der Waals surface area contributed by atoms with E-state index in [-0.39, 0.29) is 5.91 Å². The van der Waals surface area contributed by atoms with E-state index in [1.807, 2.05) is 30.3 Å². The molecule has 1 saturated heterocycles. The number of hydrogen-bond donors (Lipinski definition) is 2. The van der Waals surface area contributed by atoms with Gasteiger partial charge < -0.3 is 10.6 Å². The summed E-state index contributed by atoms with van der Waals surface area (Å²) in [6, 6.07) is 9.49. The Labute approximate surface area is 146 Å². The number of nitrogens with zero attached hydrogens (tertiary/aromatic N) is 2. The molecule has 2 N–H and O–H groups in total. The summed E-state index contributed by atoms with van der Waals surface area (Å²) in [6.45, 7) is 2.15. The van der Waals surface area contributed by atoms with Crippen molar-refractivity contribution in [1.29, 1.82) is 0 Å². The molecule has 2 aromatic rings. The second-order valence-corrected chi connectivity index (χ2v) is 6.97. The largest absolute Gasteiger partial charge is 0.326 e. The number of carbonyl (C=O) groups is 1. The van der Waals surface area contributed by atoms with Crippen LogP contribution in [0.2, 0.25) is 0 Å². The van der Waals surface area contributed by atoms with Gasteiger partial charge in [0.2, 0.25) is 5.91 Å². The van der Waals surface area contributed by atoms with Crippen LogP contribution in [0.1, 0.15) is 25.7 Å². The topological polar surface area (TPSA) is 66.9 Å². The average Bonchev–Trinajstić information content (AvgIpc) is 2.62. The van der Waals surface area contributed by atoms with E-state index in [9.17, 15) is 4.79 Å². The molecule has 6 heteroatoms. The monoisotopic (exact) mass is 342 g/mol. The first-order chi connectivity index (χ1) is 11.8. The number of pyridine rings is 2. The summed E-state index contributed by atoms with van der Waals surface area (Å²) in [7, 11) is 0. The first-order valence-corrected chi connectivity index (χ1v) is 9.17. The Morgan fingerprint density at radius 2 is 2.00 bits per heavy atom. The summed E-state index contributed by atoms with van der Waals surface area (Å²) in [4.78, 5) is 20.8. The van der Waals surface area contributed by atoms with Crippen molar-refractivity contribution in [2.45, 2.75) is 35.7 Å². The average molecular weight is 342 g/mol. The Morgan fingerprint density at radius 1 is 1.17 bits per heavy atom. The number of nitrogens with one attached hydrogen (secondary N) is 2. The molecule has 3 heterocycles. The van der Waals surface area contributed by atoms with Crippen LogP contribution in [0.4, 0.5) is 5.69 Å². The predicted octanol–water partition coefficient (Wildman–Crippen LogP) is 3.35. The third kappa shape index (κ3) is 5.32. The van der Waals surface area contributed by atoms with Crippen LogP contribution in [0.15, 0.2) is 52.8 Å². The Kier molecular flexibility index (Phi) is 6.20. The molecule has 2 aromatic heterocycles. The summed E-state index contributed by atoms with van der Waals surface area (Å²) >= 11 is 1.48. The van der Waals surface area contributed by atoms with E-state index in [2.05, 4.69) is 20.6 Å². The van der Waals surface area contributed by atoms with Gasteiger partial charge >= 0.3 is 0 Å². The highest BCUT2D eigenvalue weighted by Crippen LogP contribution is 2.25. The van der Waals surface area contributed by atoms with Crippen LogP contribution in [-0.2, 0) is 4.79 Å². The van der Waals surface area contributed by atoms with E-state index in [4.69, 9.17) is 0 Å². The fourth-order valence-electron chi connectivity index (χ4n) is 2.79.